The minimum absolute atomic E-state index is 0.243. The smallest absolute Gasteiger partial charge is 0.179 e. The Morgan fingerprint density at radius 2 is 2.10 bits per heavy atom. The lowest BCUT2D eigenvalue weighted by atomic mass is 9.96. The number of fused-ring (bicyclic) bond motifs is 2. The third-order valence-electron chi connectivity index (χ3n) is 3.89. The Kier molecular flexibility index (Phi) is 2.77. The van der Waals surface area contributed by atoms with Crippen LogP contribution in [0.5, 0.6) is 5.75 Å². The van der Waals surface area contributed by atoms with Crippen molar-refractivity contribution in [1.29, 1.82) is 0 Å². The monoisotopic (exact) mass is 280 g/mol. The number of nitrogens with one attached hydrogen (secondary N) is 2. The molecule has 0 aliphatic carbocycles. The van der Waals surface area contributed by atoms with Crippen LogP contribution in [-0.4, -0.2) is 28.6 Å². The molecule has 0 bridgehead atoms. The molecule has 0 saturated carbocycles. The molecule has 106 valence electrons. The lowest BCUT2D eigenvalue weighted by Crippen LogP contribution is -2.20. The summed E-state index contributed by atoms with van der Waals surface area (Å²) in [4.78, 5) is 12.5. The van der Waals surface area contributed by atoms with Crippen molar-refractivity contribution in [3.63, 3.8) is 0 Å². The Bertz CT molecular complexity index is 796. The number of imidazole rings is 1. The van der Waals surface area contributed by atoms with Crippen LogP contribution in [0.4, 0.5) is 5.82 Å². The first kappa shape index (κ1) is 12.2. The zero-order chi connectivity index (χ0) is 14.2. The summed E-state index contributed by atoms with van der Waals surface area (Å²) in [5.41, 5.74) is 2.94. The van der Waals surface area contributed by atoms with Gasteiger partial charge in [0.15, 0.2) is 5.65 Å². The number of pyridine rings is 1. The standard InChI is InChI=1S/C16H16N4O/c1-17-14-7-6-12-16(19-14)20-15(18-12)11-8-10-4-2-3-5-13(10)21-9-11/h2-7,11H,8-9H2,1H3,(H2,17,18,19,20). The van der Waals surface area contributed by atoms with Crippen molar-refractivity contribution in [2.45, 2.75) is 12.3 Å². The fourth-order valence-electron chi connectivity index (χ4n) is 2.75. The van der Waals surface area contributed by atoms with Gasteiger partial charge in [-0.15, -0.1) is 0 Å². The Morgan fingerprint density at radius 1 is 1.19 bits per heavy atom. The lowest BCUT2D eigenvalue weighted by Gasteiger charge is -2.23. The molecular formula is C16H16N4O. The number of anilines is 1. The highest BCUT2D eigenvalue weighted by Gasteiger charge is 2.23. The molecule has 3 heterocycles. The molecule has 0 saturated heterocycles. The van der Waals surface area contributed by atoms with Crippen LogP contribution in [-0.2, 0) is 6.42 Å². The fourth-order valence-corrected chi connectivity index (χ4v) is 2.75. The second-order valence-electron chi connectivity index (χ2n) is 5.26. The second kappa shape index (κ2) is 4.77. The Labute approximate surface area is 122 Å². The third kappa shape index (κ3) is 2.11. The molecule has 0 fully saturated rings. The van der Waals surface area contributed by atoms with E-state index in [9.17, 15) is 0 Å². The molecule has 1 aliphatic rings. The summed E-state index contributed by atoms with van der Waals surface area (Å²) in [7, 11) is 1.85. The van der Waals surface area contributed by atoms with Crippen LogP contribution in [0.2, 0.25) is 0 Å². The van der Waals surface area contributed by atoms with Gasteiger partial charge in [0.2, 0.25) is 0 Å². The maximum Gasteiger partial charge on any atom is 0.179 e. The van der Waals surface area contributed by atoms with Crippen LogP contribution in [0.1, 0.15) is 17.3 Å². The predicted octanol–water partition coefficient (Wildman–Crippen LogP) is 2.72. The van der Waals surface area contributed by atoms with Crippen LogP contribution in [0, 0.1) is 0 Å². The first-order valence-electron chi connectivity index (χ1n) is 7.08. The molecule has 2 aromatic heterocycles. The highest BCUT2D eigenvalue weighted by molar-refractivity contribution is 5.73. The molecule has 0 spiro atoms. The molecule has 1 unspecified atom stereocenters. The van der Waals surface area contributed by atoms with Gasteiger partial charge in [-0.05, 0) is 30.2 Å². The van der Waals surface area contributed by atoms with Crippen molar-refractivity contribution in [3.05, 3.63) is 47.8 Å². The number of para-hydroxylation sites is 1. The maximum absolute atomic E-state index is 5.84. The highest BCUT2D eigenvalue weighted by atomic mass is 16.5. The Hall–Kier alpha value is -2.56. The largest absolute Gasteiger partial charge is 0.493 e. The number of hydrogen-bond acceptors (Lipinski definition) is 4. The van der Waals surface area contributed by atoms with Gasteiger partial charge in [-0.25, -0.2) is 9.97 Å². The van der Waals surface area contributed by atoms with E-state index >= 15 is 0 Å². The molecular weight excluding hydrogens is 264 g/mol. The Balaban J connectivity index is 1.68. The summed E-state index contributed by atoms with van der Waals surface area (Å²) in [5, 5.41) is 3.03. The molecule has 5 nitrogen and oxygen atoms in total. The number of aromatic amines is 1. The molecule has 0 amide bonds. The van der Waals surface area contributed by atoms with Crippen LogP contribution in [0.25, 0.3) is 11.2 Å². The molecule has 5 heteroatoms. The topological polar surface area (TPSA) is 62.8 Å². The number of nitrogens with zero attached hydrogens (tertiary/aromatic N) is 2. The minimum atomic E-state index is 0.243. The number of ether oxygens (including phenoxy) is 1. The SMILES string of the molecule is CNc1ccc2[nH]c(C3COc4ccccc4C3)nc2n1. The van der Waals surface area contributed by atoms with E-state index in [4.69, 9.17) is 4.74 Å². The number of benzene rings is 1. The van der Waals surface area contributed by atoms with Crippen molar-refractivity contribution in [3.8, 4) is 5.75 Å². The fraction of sp³-hybridized carbons (Fsp3) is 0.250. The average Bonchev–Trinajstić information content (AvgIpc) is 2.97. The van der Waals surface area contributed by atoms with Crippen LogP contribution in [0.3, 0.4) is 0 Å². The van der Waals surface area contributed by atoms with Gasteiger partial charge in [0.25, 0.3) is 0 Å². The predicted molar refractivity (Wildman–Crippen MR) is 81.8 cm³/mol. The van der Waals surface area contributed by atoms with Gasteiger partial charge < -0.3 is 15.0 Å². The van der Waals surface area contributed by atoms with Gasteiger partial charge in [-0.3, -0.25) is 0 Å². The third-order valence-corrected chi connectivity index (χ3v) is 3.89. The molecule has 1 atom stereocenters. The number of rotatable bonds is 2. The molecule has 3 aromatic rings. The van der Waals surface area contributed by atoms with Gasteiger partial charge in [0, 0.05) is 7.05 Å². The zero-order valence-electron chi connectivity index (χ0n) is 11.8. The number of H-pyrrole nitrogens is 1. The van der Waals surface area contributed by atoms with Gasteiger partial charge in [-0.2, -0.15) is 0 Å². The summed E-state index contributed by atoms with van der Waals surface area (Å²) in [5.74, 6) is 3.00. The number of aromatic nitrogens is 3. The second-order valence-corrected chi connectivity index (χ2v) is 5.26. The van der Waals surface area contributed by atoms with Gasteiger partial charge in [0.05, 0.1) is 18.0 Å². The van der Waals surface area contributed by atoms with Crippen LogP contribution < -0.4 is 10.1 Å². The maximum atomic E-state index is 5.84. The molecule has 4 rings (SSSR count). The van der Waals surface area contributed by atoms with E-state index in [0.717, 1.165) is 35.0 Å². The van der Waals surface area contributed by atoms with Crippen molar-refractivity contribution in [2.24, 2.45) is 0 Å². The van der Waals surface area contributed by atoms with E-state index in [2.05, 4.69) is 26.3 Å². The molecule has 0 radical (unpaired) electrons. The van der Waals surface area contributed by atoms with Crippen molar-refractivity contribution in [1.82, 2.24) is 15.0 Å². The van der Waals surface area contributed by atoms with Gasteiger partial charge >= 0.3 is 0 Å². The minimum Gasteiger partial charge on any atom is -0.493 e. The zero-order valence-corrected chi connectivity index (χ0v) is 11.8. The average molecular weight is 280 g/mol. The summed E-state index contributed by atoms with van der Waals surface area (Å²) >= 11 is 0. The van der Waals surface area contributed by atoms with Crippen molar-refractivity contribution < 1.29 is 4.74 Å². The van der Waals surface area contributed by atoms with E-state index in [1.54, 1.807) is 0 Å². The van der Waals surface area contributed by atoms with Gasteiger partial charge in [-0.1, -0.05) is 18.2 Å². The van der Waals surface area contributed by atoms with E-state index in [1.165, 1.54) is 5.56 Å². The molecule has 1 aliphatic heterocycles. The Morgan fingerprint density at radius 3 is 3.00 bits per heavy atom. The summed E-state index contributed by atoms with van der Waals surface area (Å²) in [6.07, 6.45) is 0.939. The summed E-state index contributed by atoms with van der Waals surface area (Å²) in [6.45, 7) is 0.649. The van der Waals surface area contributed by atoms with E-state index in [-0.39, 0.29) is 5.92 Å². The van der Waals surface area contributed by atoms with Crippen LogP contribution in [0.15, 0.2) is 36.4 Å². The van der Waals surface area contributed by atoms with Gasteiger partial charge in [0.1, 0.15) is 17.4 Å². The highest BCUT2D eigenvalue weighted by Crippen LogP contribution is 2.31. The molecule has 2 N–H and O–H groups in total. The summed E-state index contributed by atoms with van der Waals surface area (Å²) in [6, 6.07) is 12.1. The van der Waals surface area contributed by atoms with E-state index in [1.807, 2.05) is 37.4 Å². The first-order valence-corrected chi connectivity index (χ1v) is 7.08. The molecule has 1 aromatic carbocycles. The molecule has 21 heavy (non-hydrogen) atoms. The first-order chi connectivity index (χ1) is 10.3. The normalized spacial score (nSPS) is 17.3. The van der Waals surface area contributed by atoms with Crippen molar-refractivity contribution >= 4 is 17.0 Å². The lowest BCUT2D eigenvalue weighted by molar-refractivity contribution is 0.258. The van der Waals surface area contributed by atoms with Crippen LogP contribution >= 0.6 is 0 Å². The quantitative estimate of drug-likeness (QED) is 0.757. The summed E-state index contributed by atoms with van der Waals surface area (Å²) < 4.78 is 5.84. The van der Waals surface area contributed by atoms with Crippen molar-refractivity contribution in [2.75, 3.05) is 19.0 Å². The number of hydrogen-bond donors (Lipinski definition) is 2. The van der Waals surface area contributed by atoms with E-state index in [0.29, 0.717) is 6.61 Å². The van der Waals surface area contributed by atoms with E-state index < -0.39 is 0 Å².